The molecule has 0 radical (unpaired) electrons. The maximum atomic E-state index is 14.1. The fourth-order valence-electron chi connectivity index (χ4n) is 4.28. The van der Waals surface area contributed by atoms with Crippen molar-refractivity contribution in [2.45, 2.75) is 25.6 Å². The highest BCUT2D eigenvalue weighted by molar-refractivity contribution is 6.30. The standard InChI is InChI=1S/C25H18Cl2F3N5O2/c1-33-24(37)35-22(32-33)20(15-3-7-17(26)8-4-15)21(16-5-9-18(27)10-6-16)23(36)34(35)13-14-2-11-19(31-12-14)25(28,29)30/h2-5,7-9,11-12H,6,10,13H2,1H3. The number of aromatic nitrogens is 5. The van der Waals surface area contributed by atoms with Crippen LogP contribution in [0.3, 0.4) is 0 Å². The lowest BCUT2D eigenvalue weighted by atomic mass is 9.91. The van der Waals surface area contributed by atoms with Crippen molar-refractivity contribution in [1.29, 1.82) is 0 Å². The molecule has 0 atom stereocenters. The molecule has 0 amide bonds. The number of pyridine rings is 1. The zero-order valence-electron chi connectivity index (χ0n) is 19.3. The normalized spacial score (nSPS) is 14.1. The number of hydrogen-bond donors (Lipinski definition) is 0. The zero-order valence-corrected chi connectivity index (χ0v) is 20.8. The number of halogens is 5. The molecule has 1 aliphatic carbocycles. The first kappa shape index (κ1) is 25.0. The van der Waals surface area contributed by atoms with Crippen molar-refractivity contribution in [3.8, 4) is 11.1 Å². The second-order valence-corrected chi connectivity index (χ2v) is 9.44. The molecule has 0 saturated carbocycles. The highest BCUT2D eigenvalue weighted by Gasteiger charge is 2.32. The van der Waals surface area contributed by atoms with E-state index >= 15 is 0 Å². The molecule has 37 heavy (non-hydrogen) atoms. The molecular formula is C25H18Cl2F3N5O2. The summed E-state index contributed by atoms with van der Waals surface area (Å²) in [6.07, 6.45) is 0.903. The Morgan fingerprint density at radius 2 is 1.70 bits per heavy atom. The maximum absolute atomic E-state index is 14.1. The minimum absolute atomic E-state index is 0.205. The molecule has 0 aliphatic heterocycles. The lowest BCUT2D eigenvalue weighted by Gasteiger charge is -2.19. The van der Waals surface area contributed by atoms with Crippen LogP contribution >= 0.6 is 23.2 Å². The summed E-state index contributed by atoms with van der Waals surface area (Å²) >= 11 is 12.2. The molecule has 7 nitrogen and oxygen atoms in total. The fourth-order valence-corrected chi connectivity index (χ4v) is 4.56. The monoisotopic (exact) mass is 547 g/mol. The van der Waals surface area contributed by atoms with Crippen LogP contribution in [0.5, 0.6) is 0 Å². The van der Waals surface area contributed by atoms with Gasteiger partial charge in [0, 0.05) is 28.9 Å². The first-order chi connectivity index (χ1) is 17.5. The van der Waals surface area contributed by atoms with Gasteiger partial charge < -0.3 is 0 Å². The number of alkyl halides is 3. The summed E-state index contributed by atoms with van der Waals surface area (Å²) in [6.45, 7) is -0.205. The van der Waals surface area contributed by atoms with Crippen molar-refractivity contribution in [2.75, 3.05) is 0 Å². The van der Waals surface area contributed by atoms with Gasteiger partial charge in [-0.25, -0.2) is 14.2 Å². The minimum atomic E-state index is -4.60. The largest absolute Gasteiger partial charge is 0.433 e. The lowest BCUT2D eigenvalue weighted by Crippen LogP contribution is -2.35. The highest BCUT2D eigenvalue weighted by atomic mass is 35.5. The Bertz CT molecular complexity index is 1700. The van der Waals surface area contributed by atoms with Crippen molar-refractivity contribution < 1.29 is 13.2 Å². The predicted molar refractivity (Wildman–Crippen MR) is 135 cm³/mol. The van der Waals surface area contributed by atoms with Crippen LogP contribution < -0.4 is 11.2 Å². The van der Waals surface area contributed by atoms with Crippen LogP contribution in [0.2, 0.25) is 5.02 Å². The fraction of sp³-hybridized carbons (Fsp3) is 0.200. The van der Waals surface area contributed by atoms with Crippen molar-refractivity contribution in [1.82, 2.24) is 24.0 Å². The third kappa shape index (κ3) is 4.62. The van der Waals surface area contributed by atoms with Gasteiger partial charge in [0.25, 0.3) is 5.56 Å². The summed E-state index contributed by atoms with van der Waals surface area (Å²) in [4.78, 5) is 30.7. The molecule has 0 bridgehead atoms. The van der Waals surface area contributed by atoms with Crippen molar-refractivity contribution >= 4 is 34.4 Å². The third-order valence-corrected chi connectivity index (χ3v) is 6.63. The first-order valence-electron chi connectivity index (χ1n) is 11.1. The van der Waals surface area contributed by atoms with Crippen LogP contribution in [-0.2, 0) is 19.8 Å². The van der Waals surface area contributed by atoms with Gasteiger partial charge in [0.15, 0.2) is 5.65 Å². The number of benzene rings is 1. The molecule has 0 unspecified atom stereocenters. The zero-order chi connectivity index (χ0) is 26.5. The molecule has 5 rings (SSSR count). The summed E-state index contributed by atoms with van der Waals surface area (Å²) in [5.74, 6) is 0. The summed E-state index contributed by atoms with van der Waals surface area (Å²) in [6, 6.07) is 8.87. The molecule has 0 fully saturated rings. The molecule has 1 aromatic carbocycles. The quantitative estimate of drug-likeness (QED) is 0.348. The van der Waals surface area contributed by atoms with Crippen molar-refractivity contribution in [3.63, 3.8) is 0 Å². The molecule has 1 aliphatic rings. The maximum Gasteiger partial charge on any atom is 0.433 e. The Balaban J connectivity index is 1.81. The number of rotatable bonds is 4. The summed E-state index contributed by atoms with van der Waals surface area (Å²) in [5.41, 5.74) is 0.445. The molecule has 12 heteroatoms. The molecule has 190 valence electrons. The van der Waals surface area contributed by atoms with E-state index in [1.165, 1.54) is 17.8 Å². The van der Waals surface area contributed by atoms with Gasteiger partial charge in [-0.3, -0.25) is 9.78 Å². The van der Waals surface area contributed by atoms with E-state index in [9.17, 15) is 22.8 Å². The number of aryl methyl sites for hydroxylation is 1. The Hall–Kier alpha value is -3.63. The summed E-state index contributed by atoms with van der Waals surface area (Å²) < 4.78 is 42.4. The molecule has 0 saturated heterocycles. The van der Waals surface area contributed by atoms with Crippen molar-refractivity contribution in [3.05, 3.63) is 102 Å². The topological polar surface area (TPSA) is 74.2 Å². The van der Waals surface area contributed by atoms with Gasteiger partial charge in [-0.1, -0.05) is 47.5 Å². The first-order valence-corrected chi connectivity index (χ1v) is 11.9. The van der Waals surface area contributed by atoms with E-state index in [1.807, 2.05) is 0 Å². The number of nitrogens with zero attached hydrogens (tertiary/aromatic N) is 5. The summed E-state index contributed by atoms with van der Waals surface area (Å²) in [7, 11) is 1.46. The third-order valence-electron chi connectivity index (χ3n) is 6.07. The average Bonchev–Trinajstić information content (AvgIpc) is 3.15. The van der Waals surface area contributed by atoms with Crippen LogP contribution in [-0.4, -0.2) is 24.0 Å². The van der Waals surface area contributed by atoms with Crippen LogP contribution in [0.15, 0.2) is 69.4 Å². The van der Waals surface area contributed by atoms with Crippen LogP contribution in [0.4, 0.5) is 13.2 Å². The number of fused-ring (bicyclic) bond motifs is 1. The predicted octanol–water partition coefficient (Wildman–Crippen LogP) is 5.28. The number of allylic oxidation sites excluding steroid dienone is 4. The Labute approximate surface area is 217 Å². The molecule has 4 aromatic rings. The van der Waals surface area contributed by atoms with E-state index in [-0.39, 0.29) is 12.2 Å². The smallest absolute Gasteiger partial charge is 0.267 e. The van der Waals surface area contributed by atoms with Crippen LogP contribution in [0.25, 0.3) is 22.3 Å². The molecule has 0 N–H and O–H groups in total. The van der Waals surface area contributed by atoms with Crippen LogP contribution in [0, 0.1) is 0 Å². The minimum Gasteiger partial charge on any atom is -0.267 e. The van der Waals surface area contributed by atoms with E-state index in [0.717, 1.165) is 21.5 Å². The summed E-state index contributed by atoms with van der Waals surface area (Å²) in [5, 5.41) is 5.55. The van der Waals surface area contributed by atoms with Gasteiger partial charge >= 0.3 is 11.9 Å². The van der Waals surface area contributed by atoms with Gasteiger partial charge in [0.2, 0.25) is 0 Å². The SMILES string of the molecule is Cn1nc2c(-c3ccc(Cl)cc3)c(C3=CC=C(Cl)CC3)c(=O)n(Cc3ccc(C(F)(F)F)nc3)n2c1=O. The molecular weight excluding hydrogens is 530 g/mol. The van der Waals surface area contributed by atoms with Crippen molar-refractivity contribution in [2.24, 2.45) is 7.05 Å². The number of hydrogen-bond acceptors (Lipinski definition) is 4. The second kappa shape index (κ2) is 9.35. The Morgan fingerprint density at radius 1 is 0.973 bits per heavy atom. The van der Waals surface area contributed by atoms with Gasteiger partial charge in [0.1, 0.15) is 5.69 Å². The van der Waals surface area contributed by atoms with E-state index in [2.05, 4.69) is 10.1 Å². The van der Waals surface area contributed by atoms with Gasteiger partial charge in [-0.2, -0.15) is 17.7 Å². The Morgan fingerprint density at radius 3 is 2.30 bits per heavy atom. The van der Waals surface area contributed by atoms with E-state index in [1.54, 1.807) is 36.4 Å². The molecule has 3 heterocycles. The molecule has 3 aromatic heterocycles. The Kier molecular flexibility index (Phi) is 6.33. The van der Waals surface area contributed by atoms with E-state index < -0.39 is 23.1 Å². The van der Waals surface area contributed by atoms with Gasteiger partial charge in [0.05, 0.1) is 12.1 Å². The second-order valence-electron chi connectivity index (χ2n) is 8.52. The molecule has 0 spiro atoms. The lowest BCUT2D eigenvalue weighted by molar-refractivity contribution is -0.141. The highest BCUT2D eigenvalue weighted by Crippen LogP contribution is 2.35. The van der Waals surface area contributed by atoms with E-state index in [4.69, 9.17) is 23.2 Å². The average molecular weight is 548 g/mol. The van der Waals surface area contributed by atoms with Gasteiger partial charge in [-0.15, -0.1) is 5.10 Å². The van der Waals surface area contributed by atoms with Crippen LogP contribution in [0.1, 0.15) is 29.7 Å². The van der Waals surface area contributed by atoms with E-state index in [0.29, 0.717) is 50.7 Å². The van der Waals surface area contributed by atoms with Gasteiger partial charge in [-0.05, 0) is 53.8 Å².